The molecule has 2 aromatic carbocycles. The fourth-order valence-electron chi connectivity index (χ4n) is 4.47. The van der Waals surface area contributed by atoms with Crippen molar-refractivity contribution in [3.8, 4) is 11.1 Å². The molecule has 2 aliphatic carbocycles. The van der Waals surface area contributed by atoms with Crippen molar-refractivity contribution in [2.24, 2.45) is 5.92 Å². The summed E-state index contributed by atoms with van der Waals surface area (Å²) in [7, 11) is 0. The van der Waals surface area contributed by atoms with Crippen LogP contribution in [0.15, 0.2) is 48.5 Å². The van der Waals surface area contributed by atoms with Crippen LogP contribution in [-0.4, -0.2) is 12.6 Å². The first kappa shape index (κ1) is 22.7. The summed E-state index contributed by atoms with van der Waals surface area (Å²) in [6.07, 6.45) is 4.63. The molecule has 0 unspecified atom stereocenters. The van der Waals surface area contributed by atoms with Gasteiger partial charge < -0.3 is 24.8 Å². The van der Waals surface area contributed by atoms with E-state index in [9.17, 15) is 4.79 Å². The molecule has 0 atom stereocenters. The summed E-state index contributed by atoms with van der Waals surface area (Å²) >= 11 is -1.75. The summed E-state index contributed by atoms with van der Waals surface area (Å²) in [5.41, 5.74) is 5.70. The van der Waals surface area contributed by atoms with Crippen molar-refractivity contribution in [1.82, 2.24) is 3.80 Å². The van der Waals surface area contributed by atoms with E-state index in [1.807, 2.05) is 0 Å². The Morgan fingerprint density at radius 1 is 0.926 bits per heavy atom. The van der Waals surface area contributed by atoms with Crippen molar-refractivity contribution in [3.63, 3.8) is 0 Å². The van der Waals surface area contributed by atoms with Gasteiger partial charge in [-0.25, -0.2) is 0 Å². The minimum absolute atomic E-state index is 0. The van der Waals surface area contributed by atoms with E-state index in [2.05, 4.69) is 65.4 Å². The van der Waals surface area contributed by atoms with Crippen LogP contribution in [0.1, 0.15) is 41.0 Å². The van der Waals surface area contributed by atoms with Crippen LogP contribution in [0.5, 0.6) is 0 Å². The van der Waals surface area contributed by atoms with Crippen molar-refractivity contribution >= 4 is 12.6 Å². The number of nitrogens with one attached hydrogen (secondary N) is 1. The predicted octanol–water partition coefficient (Wildman–Crippen LogP) is -1.41. The smallest absolute Gasteiger partial charge is 1.00 e. The van der Waals surface area contributed by atoms with Gasteiger partial charge in [0, 0.05) is 0 Å². The minimum atomic E-state index is -1.75. The molecule has 1 saturated carbocycles. The molecule has 27 heavy (non-hydrogen) atoms. The van der Waals surface area contributed by atoms with E-state index in [1.54, 1.807) is 0 Å². The maximum Gasteiger partial charge on any atom is -1.00 e. The van der Waals surface area contributed by atoms with Gasteiger partial charge in [0.05, 0.1) is 0 Å². The zero-order valence-corrected chi connectivity index (χ0v) is 20.1. The van der Waals surface area contributed by atoms with Crippen molar-refractivity contribution < 1.29 is 47.0 Å². The molecule has 0 spiro atoms. The van der Waals surface area contributed by atoms with Crippen LogP contribution in [0, 0.1) is 5.92 Å². The molecular weight excluding hydrogens is 429 g/mol. The van der Waals surface area contributed by atoms with Crippen LogP contribution in [0.3, 0.4) is 0 Å². The average molecular weight is 455 g/mol. The van der Waals surface area contributed by atoms with Gasteiger partial charge in [-0.2, -0.15) is 0 Å². The molecule has 1 fully saturated rings. The first-order chi connectivity index (χ1) is 12.2. The van der Waals surface area contributed by atoms with Crippen LogP contribution in [0.4, 0.5) is 0 Å². The standard InChI is InChI=1S/C13H9.C6H11NO.C2H7Si.2ClH.Ti/c1-3-7-12-10(5-1)9-11-6-2-4-8-13(11)12;7-6(8)5-3-1-2-4-5;1-3-2;;;/h1-9H;5H,1-4H2,(H2,7,8);3H,1-2H3;2*1H;/q;;;;;+3/p-3. The van der Waals surface area contributed by atoms with E-state index in [0.29, 0.717) is 10.1 Å². The molecule has 1 N–H and O–H groups in total. The van der Waals surface area contributed by atoms with Crippen LogP contribution >= 0.6 is 0 Å². The first-order valence-electron chi connectivity index (χ1n) is 9.52. The average Bonchev–Trinajstić information content (AvgIpc) is 3.26. The number of hydrogen-bond donors (Lipinski definition) is 1. The van der Waals surface area contributed by atoms with E-state index < -0.39 is 24.0 Å². The number of rotatable bonds is 4. The SMILES string of the molecule is C[SiH](C)[Ti+2]([NH]C(=O)C1CCCC1)[CH]1c2ccccc2-c2ccccc21.[Cl-].[Cl-]. The maximum absolute atomic E-state index is 12.9. The third-order valence-electron chi connectivity index (χ3n) is 5.76. The fourth-order valence-corrected chi connectivity index (χ4v) is 14.8. The number of carbonyl (C=O) groups excluding carboxylic acids is 1. The molecule has 0 bridgehead atoms. The second-order valence-corrected chi connectivity index (χ2v) is 20.7. The van der Waals surface area contributed by atoms with Gasteiger partial charge in [-0.1, -0.05) is 0 Å². The topological polar surface area (TPSA) is 29.1 Å². The molecule has 6 heteroatoms. The van der Waals surface area contributed by atoms with E-state index in [4.69, 9.17) is 0 Å². The number of fused-ring (bicyclic) bond motifs is 3. The monoisotopic (exact) mass is 454 g/mol. The number of benzene rings is 2. The molecular formula is C21H26Cl2NOSiTi. The zero-order valence-electron chi connectivity index (χ0n) is 15.8. The summed E-state index contributed by atoms with van der Waals surface area (Å²) in [4.78, 5) is 12.9. The molecule has 1 amide bonds. The molecule has 0 heterocycles. The molecule has 2 aromatic rings. The first-order valence-corrected chi connectivity index (χ1v) is 16.8. The quantitative estimate of drug-likeness (QED) is 0.565. The van der Waals surface area contributed by atoms with Crippen molar-refractivity contribution in [3.05, 3.63) is 59.7 Å². The number of carbonyl (C=O) groups is 1. The van der Waals surface area contributed by atoms with Gasteiger partial charge in [0.1, 0.15) is 0 Å². The van der Waals surface area contributed by atoms with Gasteiger partial charge in [0.15, 0.2) is 0 Å². The summed E-state index contributed by atoms with van der Waals surface area (Å²) < 4.78 is 4.15. The second kappa shape index (κ2) is 9.76. The molecule has 2 nitrogen and oxygen atoms in total. The molecule has 0 aromatic heterocycles. The summed E-state index contributed by atoms with van der Waals surface area (Å²) in [6.45, 7) is 3.96. The Balaban J connectivity index is 0.00000131. The van der Waals surface area contributed by atoms with E-state index in [-0.39, 0.29) is 30.7 Å². The Hall–Kier alpha value is -0.579. The van der Waals surface area contributed by atoms with Gasteiger partial charge in [0.25, 0.3) is 0 Å². The van der Waals surface area contributed by atoms with Crippen LogP contribution in [-0.2, 0) is 22.2 Å². The van der Waals surface area contributed by atoms with Gasteiger partial charge in [-0.3, -0.25) is 0 Å². The molecule has 143 valence electrons. The van der Waals surface area contributed by atoms with Crippen molar-refractivity contribution in [2.75, 3.05) is 0 Å². The summed E-state index contributed by atoms with van der Waals surface area (Å²) in [6, 6.07) is 17.7. The number of halogens is 2. The Morgan fingerprint density at radius 3 is 1.89 bits per heavy atom. The van der Waals surface area contributed by atoms with Gasteiger partial charge in [-0.05, 0) is 0 Å². The van der Waals surface area contributed by atoms with Gasteiger partial charge in [-0.15, -0.1) is 0 Å². The Labute approximate surface area is 182 Å². The molecule has 0 aliphatic heterocycles. The molecule has 2 aliphatic rings. The van der Waals surface area contributed by atoms with Crippen molar-refractivity contribution in [1.29, 1.82) is 0 Å². The zero-order chi connectivity index (χ0) is 17.4. The van der Waals surface area contributed by atoms with Crippen LogP contribution in [0.2, 0.25) is 13.1 Å². The Morgan fingerprint density at radius 2 is 1.41 bits per heavy atom. The summed E-state index contributed by atoms with van der Waals surface area (Å²) in [5, 5.41) is 0. The Bertz CT molecular complexity index is 750. The molecule has 4 rings (SSSR count). The van der Waals surface area contributed by atoms with Crippen molar-refractivity contribution in [2.45, 2.75) is 43.0 Å². The van der Waals surface area contributed by atoms with Crippen LogP contribution in [0.25, 0.3) is 11.1 Å². The van der Waals surface area contributed by atoms with E-state index in [1.165, 1.54) is 35.1 Å². The van der Waals surface area contributed by atoms with Gasteiger partial charge >= 0.3 is 158 Å². The van der Waals surface area contributed by atoms with Crippen LogP contribution < -0.4 is 28.6 Å². The number of hydrogen-bond acceptors (Lipinski definition) is 1. The summed E-state index contributed by atoms with van der Waals surface area (Å²) in [5.74, 6) is 0.651. The molecule has 0 radical (unpaired) electrons. The predicted molar refractivity (Wildman–Crippen MR) is 103 cm³/mol. The Kier molecular flexibility index (Phi) is 8.20. The van der Waals surface area contributed by atoms with Gasteiger partial charge in [0.2, 0.25) is 0 Å². The fraction of sp³-hybridized carbons (Fsp3) is 0.381. The number of amides is 1. The van der Waals surface area contributed by atoms with E-state index in [0.717, 1.165) is 12.8 Å². The molecule has 0 saturated heterocycles. The second-order valence-electron chi connectivity index (χ2n) is 7.69. The van der Waals surface area contributed by atoms with E-state index >= 15 is 0 Å². The normalized spacial score (nSPS) is 15.5. The largest absolute Gasteiger partial charge is 1.00 e. The third-order valence-corrected chi connectivity index (χ3v) is 17.6. The third kappa shape index (κ3) is 4.38. The minimum Gasteiger partial charge on any atom is -1.00 e. The maximum atomic E-state index is 12.9.